The van der Waals surface area contributed by atoms with Crippen molar-refractivity contribution in [3.8, 4) is 0 Å². The van der Waals surface area contributed by atoms with Crippen LogP contribution >= 0.6 is 0 Å². The largest absolute Gasteiger partial charge is 0.330 e. The predicted molar refractivity (Wildman–Crippen MR) is 135 cm³/mol. The van der Waals surface area contributed by atoms with E-state index >= 15 is 0 Å². The number of sulfone groups is 1. The van der Waals surface area contributed by atoms with E-state index in [1.165, 1.54) is 0 Å². The van der Waals surface area contributed by atoms with Crippen LogP contribution in [0.25, 0.3) is 0 Å². The molecule has 0 aliphatic heterocycles. The highest BCUT2D eigenvalue weighted by atomic mass is 32.2. The van der Waals surface area contributed by atoms with Gasteiger partial charge in [-0.1, -0.05) is 55.8 Å². The Morgan fingerprint density at radius 3 is 2.24 bits per heavy atom. The topological polar surface area (TPSA) is 72.3 Å². The van der Waals surface area contributed by atoms with Crippen LogP contribution in [-0.4, -0.2) is 34.8 Å². The number of hydrogen-bond donors (Lipinski definition) is 0. The third-order valence-electron chi connectivity index (χ3n) is 5.85. The van der Waals surface area contributed by atoms with E-state index in [2.05, 4.69) is 4.98 Å². The molecule has 0 unspecified atom stereocenters. The van der Waals surface area contributed by atoms with Gasteiger partial charge in [-0.15, -0.1) is 0 Å². The number of rotatable bonds is 9. The summed E-state index contributed by atoms with van der Waals surface area (Å²) >= 11 is 0. The number of aryl methyl sites for hydroxylation is 2. The van der Waals surface area contributed by atoms with Crippen molar-refractivity contribution in [3.05, 3.63) is 82.7 Å². The lowest BCUT2D eigenvalue weighted by Gasteiger charge is -2.28. The Morgan fingerprint density at radius 2 is 1.65 bits per heavy atom. The molecule has 7 heteroatoms. The Morgan fingerprint density at radius 1 is 1.00 bits per heavy atom. The molecular weight excluding hydrogens is 446 g/mol. The minimum absolute atomic E-state index is 0.0611. The highest BCUT2D eigenvalue weighted by molar-refractivity contribution is 7.90. The molecule has 0 saturated carbocycles. The summed E-state index contributed by atoms with van der Waals surface area (Å²) in [6, 6.07) is 14.9. The first-order valence-electron chi connectivity index (χ1n) is 11.7. The number of hydrogen-bond acceptors (Lipinski definition) is 4. The van der Waals surface area contributed by atoms with E-state index in [-0.39, 0.29) is 35.3 Å². The predicted octanol–water partition coefficient (Wildman–Crippen LogP) is 5.18. The summed E-state index contributed by atoms with van der Waals surface area (Å²) in [5.74, 6) is 0.0157. The fraction of sp³-hybridized carbons (Fsp3) is 0.407. The van der Waals surface area contributed by atoms with Gasteiger partial charge in [-0.05, 0) is 56.9 Å². The Balaban J connectivity index is 1.97. The zero-order chi connectivity index (χ0) is 25.0. The number of benzene rings is 2. The number of aromatic nitrogens is 2. The Hall–Kier alpha value is -2.93. The molecule has 6 nitrogen and oxygen atoms in total. The number of nitrogens with zero attached hydrogens (tertiary/aromatic N) is 3. The van der Waals surface area contributed by atoms with E-state index in [1.807, 2.05) is 90.1 Å². The van der Waals surface area contributed by atoms with Crippen molar-refractivity contribution in [1.82, 2.24) is 14.5 Å². The van der Waals surface area contributed by atoms with Gasteiger partial charge >= 0.3 is 0 Å². The maximum atomic E-state index is 13.4. The second-order valence-corrected chi connectivity index (χ2v) is 11.5. The molecule has 1 heterocycles. The van der Waals surface area contributed by atoms with Gasteiger partial charge in [0.05, 0.1) is 24.2 Å². The molecule has 182 valence electrons. The molecule has 3 rings (SSSR count). The van der Waals surface area contributed by atoms with Crippen LogP contribution < -0.4 is 0 Å². The number of amides is 1. The molecule has 0 atom stereocenters. The van der Waals surface area contributed by atoms with Crippen LogP contribution in [-0.2, 0) is 28.7 Å². The van der Waals surface area contributed by atoms with Crippen LogP contribution in [0, 0.1) is 19.8 Å². The Labute approximate surface area is 203 Å². The van der Waals surface area contributed by atoms with Gasteiger partial charge in [0, 0.05) is 18.2 Å². The highest BCUT2D eigenvalue weighted by Gasteiger charge is 2.27. The summed E-state index contributed by atoms with van der Waals surface area (Å²) in [7, 11) is -3.68. The first-order chi connectivity index (χ1) is 16.0. The van der Waals surface area contributed by atoms with Gasteiger partial charge in [-0.25, -0.2) is 13.4 Å². The van der Waals surface area contributed by atoms with E-state index in [0.717, 1.165) is 16.7 Å². The van der Waals surface area contributed by atoms with E-state index in [9.17, 15) is 13.2 Å². The van der Waals surface area contributed by atoms with Crippen molar-refractivity contribution in [2.45, 2.75) is 71.6 Å². The third kappa shape index (κ3) is 5.95. The quantitative estimate of drug-likeness (QED) is 0.422. The van der Waals surface area contributed by atoms with Crippen molar-refractivity contribution in [1.29, 1.82) is 0 Å². The Bertz CT molecular complexity index is 1240. The standard InChI is InChI=1S/C27H35N3O3S/c1-19(2)16-30-25(17-29(20(3)4)26(31)23-13-11-21(5)12-14-23)15-28-27(30)34(32,33)18-24-10-8-7-9-22(24)6/h7-15,19-20H,16-18H2,1-6H3. The molecular formula is C27H35N3O3S. The third-order valence-corrected chi connectivity index (χ3v) is 7.42. The second kappa shape index (κ2) is 10.6. The van der Waals surface area contributed by atoms with Crippen molar-refractivity contribution in [2.75, 3.05) is 0 Å². The molecule has 1 aromatic heterocycles. The number of carbonyl (C=O) groups excluding carboxylic acids is 1. The highest BCUT2D eigenvalue weighted by Crippen LogP contribution is 2.23. The molecule has 0 radical (unpaired) electrons. The number of carbonyl (C=O) groups is 1. The van der Waals surface area contributed by atoms with Crippen molar-refractivity contribution >= 4 is 15.7 Å². The SMILES string of the molecule is Cc1ccc(C(=O)N(Cc2cnc(S(=O)(=O)Cc3ccccc3C)n2CC(C)C)C(C)C)cc1. The molecule has 0 saturated heterocycles. The molecule has 2 aromatic carbocycles. The van der Waals surface area contributed by atoms with Crippen LogP contribution in [0.3, 0.4) is 0 Å². The fourth-order valence-electron chi connectivity index (χ4n) is 3.89. The summed E-state index contributed by atoms with van der Waals surface area (Å²) in [5, 5.41) is 0.0611. The van der Waals surface area contributed by atoms with E-state index in [1.54, 1.807) is 15.7 Å². The lowest BCUT2D eigenvalue weighted by molar-refractivity contribution is 0.0685. The van der Waals surface area contributed by atoms with Crippen LogP contribution in [0.4, 0.5) is 0 Å². The maximum Gasteiger partial charge on any atom is 0.254 e. The second-order valence-electron chi connectivity index (χ2n) is 9.61. The van der Waals surface area contributed by atoms with Gasteiger partial charge in [-0.3, -0.25) is 4.79 Å². The van der Waals surface area contributed by atoms with E-state index < -0.39 is 9.84 Å². The zero-order valence-corrected chi connectivity index (χ0v) is 21.8. The fourth-order valence-corrected chi connectivity index (χ4v) is 5.50. The molecule has 0 bridgehead atoms. The monoisotopic (exact) mass is 481 g/mol. The smallest absolute Gasteiger partial charge is 0.254 e. The molecule has 0 spiro atoms. The van der Waals surface area contributed by atoms with Gasteiger partial charge in [0.25, 0.3) is 5.91 Å². The average Bonchev–Trinajstić information content (AvgIpc) is 3.16. The van der Waals surface area contributed by atoms with Crippen LogP contribution in [0.5, 0.6) is 0 Å². The van der Waals surface area contributed by atoms with Gasteiger partial charge in [0.2, 0.25) is 15.0 Å². The van der Waals surface area contributed by atoms with Crippen molar-refractivity contribution in [2.24, 2.45) is 5.92 Å². The van der Waals surface area contributed by atoms with Gasteiger partial charge in [-0.2, -0.15) is 0 Å². The number of imidazole rings is 1. The lowest BCUT2D eigenvalue weighted by Crippen LogP contribution is -2.37. The molecule has 1 amide bonds. The summed E-state index contributed by atoms with van der Waals surface area (Å²) in [4.78, 5) is 19.4. The lowest BCUT2D eigenvalue weighted by atomic mass is 10.1. The van der Waals surface area contributed by atoms with E-state index in [4.69, 9.17) is 0 Å². The molecule has 34 heavy (non-hydrogen) atoms. The summed E-state index contributed by atoms with van der Waals surface area (Å²) < 4.78 is 28.6. The molecule has 0 fully saturated rings. The first kappa shape index (κ1) is 25.7. The molecule has 0 aliphatic rings. The van der Waals surface area contributed by atoms with Gasteiger partial charge in [0.1, 0.15) is 0 Å². The first-order valence-corrected chi connectivity index (χ1v) is 13.3. The van der Waals surface area contributed by atoms with Crippen molar-refractivity contribution < 1.29 is 13.2 Å². The van der Waals surface area contributed by atoms with Crippen molar-refractivity contribution in [3.63, 3.8) is 0 Å². The van der Waals surface area contributed by atoms with Crippen LogP contribution in [0.1, 0.15) is 60.4 Å². The Kier molecular flexibility index (Phi) is 7.97. The minimum atomic E-state index is -3.68. The molecule has 0 N–H and O–H groups in total. The minimum Gasteiger partial charge on any atom is -0.330 e. The van der Waals surface area contributed by atoms with Crippen LogP contribution in [0.2, 0.25) is 0 Å². The van der Waals surface area contributed by atoms with Gasteiger partial charge in [0.15, 0.2) is 0 Å². The van der Waals surface area contributed by atoms with Gasteiger partial charge < -0.3 is 9.47 Å². The molecule has 3 aromatic rings. The summed E-state index contributed by atoms with van der Waals surface area (Å²) in [6.45, 7) is 12.7. The zero-order valence-electron chi connectivity index (χ0n) is 20.9. The maximum absolute atomic E-state index is 13.4. The summed E-state index contributed by atoms with van der Waals surface area (Å²) in [5.41, 5.74) is 4.11. The average molecular weight is 482 g/mol. The summed E-state index contributed by atoms with van der Waals surface area (Å²) in [6.07, 6.45) is 1.60. The van der Waals surface area contributed by atoms with E-state index in [0.29, 0.717) is 17.8 Å². The molecule has 0 aliphatic carbocycles. The normalized spacial score (nSPS) is 11.9. The van der Waals surface area contributed by atoms with Crippen LogP contribution in [0.15, 0.2) is 59.9 Å².